The molecule has 0 radical (unpaired) electrons. The van der Waals surface area contributed by atoms with E-state index < -0.39 is 24.5 Å². The third-order valence-electron chi connectivity index (χ3n) is 2.26. The summed E-state index contributed by atoms with van der Waals surface area (Å²) in [6, 6.07) is 3.99. The summed E-state index contributed by atoms with van der Waals surface area (Å²) in [7, 11) is 0. The van der Waals surface area contributed by atoms with Crippen LogP contribution in [0.4, 0.5) is 26.1 Å². The largest absolute Gasteiger partial charge is 1.00 e. The van der Waals surface area contributed by atoms with Crippen molar-refractivity contribution in [1.82, 2.24) is 0 Å². The molecule has 0 aromatic heterocycles. The van der Waals surface area contributed by atoms with Crippen LogP contribution in [0, 0.1) is 0 Å². The molecule has 1 rings (SSSR count). The van der Waals surface area contributed by atoms with E-state index >= 15 is 0 Å². The van der Waals surface area contributed by atoms with Gasteiger partial charge in [0.25, 0.3) is 0 Å². The van der Waals surface area contributed by atoms with Gasteiger partial charge in [-0.15, -0.1) is 0 Å². The molecule has 0 aliphatic rings. The van der Waals surface area contributed by atoms with Crippen LogP contribution in [0.5, 0.6) is 0 Å². The molecule has 1 aromatic carbocycles. The second-order valence-corrected chi connectivity index (χ2v) is 3.52. The van der Waals surface area contributed by atoms with Crippen LogP contribution in [-0.2, 0) is 0 Å². The van der Waals surface area contributed by atoms with E-state index in [1.165, 1.54) is 18.2 Å². The summed E-state index contributed by atoms with van der Waals surface area (Å²) in [4.78, 5) is 0. The number of hydrogen-bond donors (Lipinski definition) is 0. The minimum absolute atomic E-state index is 0. The number of halogens is 6. The molecule has 0 saturated heterocycles. The molecule has 1 unspecified atom stereocenters. The van der Waals surface area contributed by atoms with E-state index in [9.17, 15) is 26.1 Å². The monoisotopic (exact) mass is 292 g/mol. The van der Waals surface area contributed by atoms with Gasteiger partial charge < -0.3 is 12.9 Å². The summed E-state index contributed by atoms with van der Waals surface area (Å²) in [6.07, 6.45) is -3.99. The van der Waals surface area contributed by atoms with Crippen LogP contribution in [0.1, 0.15) is 16.9 Å². The SMILES string of the molecule is C=Cc1ccc(C([B-](F)(F)F)C(F)(F)F)cc1.[K+]. The maximum absolute atomic E-state index is 12.4. The topological polar surface area (TPSA) is 0 Å². The van der Waals surface area contributed by atoms with Gasteiger partial charge in [0.15, 0.2) is 0 Å². The number of benzene rings is 1. The zero-order valence-electron chi connectivity index (χ0n) is 9.52. The first-order chi connectivity index (χ1) is 7.66. The minimum atomic E-state index is -6.02. The van der Waals surface area contributed by atoms with Crippen molar-refractivity contribution < 1.29 is 77.5 Å². The predicted molar refractivity (Wildman–Crippen MR) is 54.4 cm³/mol. The van der Waals surface area contributed by atoms with Crippen molar-refractivity contribution in [2.45, 2.75) is 12.0 Å². The van der Waals surface area contributed by atoms with E-state index in [2.05, 4.69) is 6.58 Å². The van der Waals surface area contributed by atoms with Gasteiger partial charge in [0.2, 0.25) is 0 Å². The normalized spacial score (nSPS) is 13.7. The van der Waals surface area contributed by atoms with E-state index in [0.29, 0.717) is 5.56 Å². The van der Waals surface area contributed by atoms with Crippen molar-refractivity contribution in [2.75, 3.05) is 0 Å². The molecule has 1 aromatic rings. The van der Waals surface area contributed by atoms with Crippen molar-refractivity contribution in [2.24, 2.45) is 0 Å². The molecule has 0 nitrogen and oxygen atoms in total. The van der Waals surface area contributed by atoms with Crippen LogP contribution >= 0.6 is 0 Å². The van der Waals surface area contributed by atoms with Crippen LogP contribution in [0.3, 0.4) is 0 Å². The van der Waals surface area contributed by atoms with E-state index in [1.807, 2.05) is 0 Å². The summed E-state index contributed by atoms with van der Waals surface area (Å²) in [5.41, 5.74) is -0.333. The Morgan fingerprint density at radius 2 is 1.50 bits per heavy atom. The maximum Gasteiger partial charge on any atom is 1.00 e. The second-order valence-electron chi connectivity index (χ2n) is 3.52. The summed E-state index contributed by atoms with van der Waals surface area (Å²) < 4.78 is 74.3. The van der Waals surface area contributed by atoms with Gasteiger partial charge in [-0.25, -0.2) is 0 Å². The van der Waals surface area contributed by atoms with Gasteiger partial charge in [0.1, 0.15) is 0 Å². The third kappa shape index (κ3) is 4.73. The Hall–Kier alpha value is 0.241. The van der Waals surface area contributed by atoms with E-state index in [-0.39, 0.29) is 51.4 Å². The smallest absolute Gasteiger partial charge is 0.448 e. The average Bonchev–Trinajstić information content (AvgIpc) is 2.14. The Kier molecular flexibility index (Phi) is 6.69. The van der Waals surface area contributed by atoms with Crippen molar-refractivity contribution in [3.63, 3.8) is 0 Å². The van der Waals surface area contributed by atoms with Crippen LogP contribution in [0.15, 0.2) is 30.8 Å². The first-order valence-corrected chi connectivity index (χ1v) is 4.65. The summed E-state index contributed by atoms with van der Waals surface area (Å²) in [5, 5.41) is 0. The van der Waals surface area contributed by atoms with Crippen LogP contribution < -0.4 is 51.4 Å². The fraction of sp³-hybridized carbons (Fsp3) is 0.200. The maximum atomic E-state index is 12.4. The number of alkyl halides is 3. The van der Waals surface area contributed by atoms with E-state index in [1.54, 1.807) is 0 Å². The molecule has 0 saturated carbocycles. The van der Waals surface area contributed by atoms with Crippen LogP contribution in [-0.4, -0.2) is 13.2 Å². The summed E-state index contributed by atoms with van der Waals surface area (Å²) in [5.74, 6) is -3.39. The van der Waals surface area contributed by atoms with E-state index in [0.717, 1.165) is 12.1 Å². The first-order valence-electron chi connectivity index (χ1n) is 4.65. The van der Waals surface area contributed by atoms with Crippen LogP contribution in [0.2, 0.25) is 0 Å². The molecule has 0 amide bonds. The standard InChI is InChI=1S/C10H8BF6.K/c1-2-7-3-5-8(6-4-7)9(10(12,13)14)11(15,16)17;/h2-6,9H,1H2;/q-1;+1. The quantitative estimate of drug-likeness (QED) is 0.583. The van der Waals surface area contributed by atoms with Gasteiger partial charge in [-0.2, -0.15) is 13.2 Å². The number of rotatable bonds is 3. The Morgan fingerprint density at radius 3 is 1.78 bits per heavy atom. The fourth-order valence-electron chi connectivity index (χ4n) is 1.46. The molecule has 0 heterocycles. The molecule has 0 spiro atoms. The van der Waals surface area contributed by atoms with Gasteiger partial charge in [-0.3, -0.25) is 0 Å². The molecule has 94 valence electrons. The third-order valence-corrected chi connectivity index (χ3v) is 2.26. The Morgan fingerprint density at radius 1 is 1.06 bits per heavy atom. The zero-order valence-corrected chi connectivity index (χ0v) is 12.6. The van der Waals surface area contributed by atoms with Gasteiger partial charge in [0, 0.05) is 5.82 Å². The van der Waals surface area contributed by atoms with Crippen molar-refractivity contribution in [3.8, 4) is 0 Å². The van der Waals surface area contributed by atoms with Crippen molar-refractivity contribution >= 4 is 13.1 Å². The van der Waals surface area contributed by atoms with Gasteiger partial charge in [-0.05, 0) is 5.56 Å². The molecular weight excluding hydrogens is 284 g/mol. The zero-order chi connectivity index (χ0) is 13.3. The predicted octanol–water partition coefficient (Wildman–Crippen LogP) is 1.37. The Labute approximate surface area is 143 Å². The molecule has 18 heavy (non-hydrogen) atoms. The number of hydrogen-bond acceptors (Lipinski definition) is 0. The molecule has 8 heteroatoms. The molecule has 0 aliphatic carbocycles. The average molecular weight is 292 g/mol. The van der Waals surface area contributed by atoms with Crippen LogP contribution in [0.25, 0.3) is 6.08 Å². The van der Waals surface area contributed by atoms with Gasteiger partial charge in [0.05, 0.1) is 0 Å². The molecule has 0 N–H and O–H groups in total. The van der Waals surface area contributed by atoms with Gasteiger partial charge >= 0.3 is 64.5 Å². The Bertz CT molecular complexity index is 380. The first kappa shape index (κ1) is 18.2. The molecule has 0 aliphatic heterocycles. The fourth-order valence-corrected chi connectivity index (χ4v) is 1.46. The molecule has 0 bridgehead atoms. The molecule has 0 fully saturated rings. The molecular formula is C10H8BF6K. The summed E-state index contributed by atoms with van der Waals surface area (Å²) in [6.45, 7) is -2.66. The second kappa shape index (κ2) is 6.60. The molecule has 1 atom stereocenters. The van der Waals surface area contributed by atoms with Crippen molar-refractivity contribution in [3.05, 3.63) is 42.0 Å². The minimum Gasteiger partial charge on any atom is -0.448 e. The van der Waals surface area contributed by atoms with Crippen molar-refractivity contribution in [1.29, 1.82) is 0 Å². The van der Waals surface area contributed by atoms with E-state index in [4.69, 9.17) is 0 Å². The summed E-state index contributed by atoms with van der Waals surface area (Å²) >= 11 is 0. The Balaban J connectivity index is 0.00000289. The van der Waals surface area contributed by atoms with Gasteiger partial charge in [-0.1, -0.05) is 42.5 Å².